The van der Waals surface area contributed by atoms with Crippen molar-refractivity contribution < 1.29 is 62.9 Å². The van der Waals surface area contributed by atoms with Crippen LogP contribution in [0.25, 0.3) is 0 Å². The molecule has 8 aliphatic rings. The van der Waals surface area contributed by atoms with Crippen LogP contribution in [0.1, 0.15) is 67.2 Å². The van der Waals surface area contributed by atoms with Crippen molar-refractivity contribution in [2.75, 3.05) is 13.2 Å². The molecule has 0 aromatic rings. The van der Waals surface area contributed by atoms with Crippen LogP contribution in [-0.2, 0) is 47.5 Å². The van der Waals surface area contributed by atoms with Crippen LogP contribution >= 0.6 is 0 Å². The Bertz CT molecular complexity index is 1340. The summed E-state index contributed by atoms with van der Waals surface area (Å²) in [5, 5.41) is 31.9. The lowest BCUT2D eigenvalue weighted by Crippen LogP contribution is -2.89. The van der Waals surface area contributed by atoms with E-state index in [2.05, 4.69) is 20.4 Å². The maximum absolute atomic E-state index is 14.8. The molecule has 0 amide bonds. The van der Waals surface area contributed by atoms with Gasteiger partial charge in [-0.3, -0.25) is 14.4 Å². The van der Waals surface area contributed by atoms with Crippen molar-refractivity contribution in [3.8, 4) is 0 Å². The van der Waals surface area contributed by atoms with Gasteiger partial charge in [0.25, 0.3) is 0 Å². The van der Waals surface area contributed by atoms with Gasteiger partial charge in [-0.1, -0.05) is 20.4 Å². The number of esters is 2. The van der Waals surface area contributed by atoms with E-state index in [-0.39, 0.29) is 24.2 Å². The van der Waals surface area contributed by atoms with E-state index in [9.17, 15) is 29.7 Å². The highest BCUT2D eigenvalue weighted by atomic mass is 16.8. The molecule has 13 nitrogen and oxygen atoms in total. The average molecular weight is 651 g/mol. The molecule has 8 fully saturated rings. The summed E-state index contributed by atoms with van der Waals surface area (Å²) in [5.41, 5.74) is -2.41. The lowest BCUT2D eigenvalue weighted by Gasteiger charge is -2.78. The third-order valence-electron chi connectivity index (χ3n) is 12.3. The zero-order chi connectivity index (χ0) is 33.4. The third-order valence-corrected chi connectivity index (χ3v) is 12.3. The van der Waals surface area contributed by atoms with Crippen LogP contribution in [-0.4, -0.2) is 107 Å². The van der Waals surface area contributed by atoms with E-state index in [0.717, 1.165) is 6.92 Å². The molecule has 4 saturated heterocycles. The summed E-state index contributed by atoms with van der Waals surface area (Å²) in [5.74, 6) is -5.57. The molecule has 2 unspecified atom stereocenters. The quantitative estimate of drug-likeness (QED) is 0.220. The summed E-state index contributed by atoms with van der Waals surface area (Å²) in [4.78, 5) is 39.7. The Balaban J connectivity index is 1.47. The SMILES string of the molecule is C=C1C(=O)[C@@]23C4OC(C)(C)O[C@]25OC[C@]2([C@@H](OC(C)=O)CCC(C)(C)[C@H]2C5O[C@@H]2O[C@H](CO)[C@H](O)[C@H](O)[C@H]2OC(C)=O)[C@@H]3CC[C@@H]14. The second-order valence-electron chi connectivity index (χ2n) is 15.5. The Morgan fingerprint density at radius 3 is 2.37 bits per heavy atom. The van der Waals surface area contributed by atoms with Crippen LogP contribution < -0.4 is 0 Å². The first-order valence-corrected chi connectivity index (χ1v) is 16.4. The van der Waals surface area contributed by atoms with Crippen LogP contribution in [0.5, 0.6) is 0 Å². The molecular formula is C33H46O13. The van der Waals surface area contributed by atoms with E-state index in [4.69, 9.17) is 33.2 Å². The van der Waals surface area contributed by atoms with Gasteiger partial charge in [0.05, 0.1) is 19.3 Å². The molecular weight excluding hydrogens is 604 g/mol. The largest absolute Gasteiger partial charge is 0.462 e. The van der Waals surface area contributed by atoms with Crippen molar-refractivity contribution in [3.05, 3.63) is 12.2 Å². The summed E-state index contributed by atoms with van der Waals surface area (Å²) in [6.07, 6.45) is -7.50. The minimum absolute atomic E-state index is 0.123. The highest BCUT2D eigenvalue weighted by Gasteiger charge is 2.91. The van der Waals surface area contributed by atoms with Crippen molar-refractivity contribution in [2.45, 2.75) is 128 Å². The molecule has 4 aliphatic carbocycles. The molecule has 4 heterocycles. The first kappa shape index (κ1) is 32.6. The average Bonchev–Trinajstić information content (AvgIpc) is 3.08. The van der Waals surface area contributed by atoms with Gasteiger partial charge in [0.1, 0.15) is 35.9 Å². The minimum atomic E-state index is -1.75. The maximum atomic E-state index is 14.8. The van der Waals surface area contributed by atoms with Crippen LogP contribution in [0, 0.1) is 34.0 Å². The predicted octanol–water partition coefficient (Wildman–Crippen LogP) is 1.14. The van der Waals surface area contributed by atoms with Gasteiger partial charge in [0.2, 0.25) is 5.79 Å². The fourth-order valence-electron chi connectivity index (χ4n) is 11.0. The van der Waals surface area contributed by atoms with Crippen molar-refractivity contribution >= 4 is 17.7 Å². The predicted molar refractivity (Wildman–Crippen MR) is 154 cm³/mol. The van der Waals surface area contributed by atoms with Gasteiger partial charge in [-0.2, -0.15) is 0 Å². The second-order valence-corrected chi connectivity index (χ2v) is 15.5. The van der Waals surface area contributed by atoms with Gasteiger partial charge in [-0.05, 0) is 56.4 Å². The lowest BCUT2D eigenvalue weighted by atomic mass is 9.35. The van der Waals surface area contributed by atoms with Gasteiger partial charge < -0.3 is 48.5 Å². The summed E-state index contributed by atoms with van der Waals surface area (Å²) in [7, 11) is 0. The molecule has 0 aromatic heterocycles. The number of hydrogen-bond donors (Lipinski definition) is 3. The van der Waals surface area contributed by atoms with Gasteiger partial charge in [0, 0.05) is 31.1 Å². The molecule has 46 heavy (non-hydrogen) atoms. The molecule has 0 radical (unpaired) electrons. The molecule has 3 spiro atoms. The molecule has 4 aliphatic heterocycles. The highest BCUT2D eigenvalue weighted by molar-refractivity contribution is 6.05. The van der Waals surface area contributed by atoms with E-state index < -0.39 is 101 Å². The lowest BCUT2D eigenvalue weighted by molar-refractivity contribution is -0.544. The topological polar surface area (TPSA) is 177 Å². The molecule has 0 aromatic carbocycles. The summed E-state index contributed by atoms with van der Waals surface area (Å²) >= 11 is 0. The fourth-order valence-corrected chi connectivity index (χ4v) is 11.0. The number of rotatable bonds is 5. The van der Waals surface area contributed by atoms with E-state index in [1.165, 1.54) is 6.92 Å². The van der Waals surface area contributed by atoms with Crippen LogP contribution in [0.3, 0.4) is 0 Å². The zero-order valence-electron chi connectivity index (χ0n) is 27.2. The molecule has 3 N–H and O–H groups in total. The number of aliphatic hydroxyl groups excluding tert-OH is 3. The first-order valence-electron chi connectivity index (χ1n) is 16.4. The standard InChI is InChI=1S/C33H46O13/c1-14-17-8-9-19-31-13-40-33(32(19,25(14)39)26(17)45-30(6,7)46-33)27(24(31)29(4,5)11-10-20(31)41-15(2)35)44-28-23(42-16(3)36)22(38)21(37)18(12-34)43-28/h17-24,26-28,34,37-38H,1,8-13H2,2-7H3/t17-,18+,19-,20-,21-,22-,23+,24+,26?,27?,28-,31+,32-,33-/m0/s1. The number of carbonyl (C=O) groups is 3. The van der Waals surface area contributed by atoms with E-state index >= 15 is 0 Å². The Labute approximate surface area is 267 Å². The molecule has 14 atom stereocenters. The van der Waals surface area contributed by atoms with E-state index in [1.54, 1.807) is 13.8 Å². The smallest absolute Gasteiger partial charge is 0.303 e. The Kier molecular flexibility index (Phi) is 7.27. The van der Waals surface area contributed by atoms with Crippen molar-refractivity contribution in [2.24, 2.45) is 34.0 Å². The summed E-state index contributed by atoms with van der Waals surface area (Å²) in [6, 6.07) is 0. The van der Waals surface area contributed by atoms with Gasteiger partial charge >= 0.3 is 11.9 Å². The number of carbonyl (C=O) groups excluding carboxylic acids is 3. The molecule has 256 valence electrons. The minimum Gasteiger partial charge on any atom is -0.462 e. The normalized spacial score (nSPS) is 51.2. The Morgan fingerprint density at radius 2 is 1.72 bits per heavy atom. The second kappa shape index (κ2) is 10.3. The zero-order valence-corrected chi connectivity index (χ0v) is 27.2. The molecule has 13 heteroatoms. The van der Waals surface area contributed by atoms with Gasteiger partial charge in [0.15, 0.2) is 24.0 Å². The van der Waals surface area contributed by atoms with Crippen LogP contribution in [0.4, 0.5) is 0 Å². The summed E-state index contributed by atoms with van der Waals surface area (Å²) in [6.45, 7) is 14.0. The maximum Gasteiger partial charge on any atom is 0.303 e. The van der Waals surface area contributed by atoms with Crippen molar-refractivity contribution in [1.82, 2.24) is 0 Å². The number of fused-ring (bicyclic) bond motifs is 1. The number of Topliss-reactive ketones (excluding diaryl/α,β-unsaturated/α-hetero) is 1. The molecule has 8 rings (SSSR count). The van der Waals surface area contributed by atoms with Crippen molar-refractivity contribution in [1.29, 1.82) is 0 Å². The number of ketones is 1. The fraction of sp³-hybridized carbons (Fsp3) is 0.848. The number of ether oxygens (including phenoxy) is 7. The molecule has 4 bridgehead atoms. The van der Waals surface area contributed by atoms with Gasteiger partial charge in [-0.15, -0.1) is 0 Å². The van der Waals surface area contributed by atoms with Crippen LogP contribution in [0.2, 0.25) is 0 Å². The van der Waals surface area contributed by atoms with Crippen molar-refractivity contribution in [3.63, 3.8) is 0 Å². The molecule has 4 saturated carbocycles. The van der Waals surface area contributed by atoms with E-state index in [0.29, 0.717) is 31.3 Å². The monoisotopic (exact) mass is 650 g/mol. The number of hydrogen-bond acceptors (Lipinski definition) is 13. The van der Waals surface area contributed by atoms with E-state index in [1.807, 2.05) is 0 Å². The van der Waals surface area contributed by atoms with Crippen LogP contribution in [0.15, 0.2) is 12.2 Å². The number of aliphatic hydroxyl groups is 3. The summed E-state index contributed by atoms with van der Waals surface area (Å²) < 4.78 is 45.0. The first-order chi connectivity index (χ1) is 21.5. The Morgan fingerprint density at radius 1 is 1.02 bits per heavy atom. The van der Waals surface area contributed by atoms with Gasteiger partial charge in [-0.25, -0.2) is 0 Å². The highest BCUT2D eigenvalue weighted by Crippen LogP contribution is 2.80. The third kappa shape index (κ3) is 3.94. The Hall–Kier alpha value is -1.97.